The quantitative estimate of drug-likeness (QED) is 0.481. The van der Waals surface area contributed by atoms with Crippen LogP contribution in [-0.4, -0.2) is 18.2 Å². The lowest BCUT2D eigenvalue weighted by molar-refractivity contribution is 0.721. The van der Waals surface area contributed by atoms with E-state index >= 15 is 0 Å². The van der Waals surface area contributed by atoms with Crippen LogP contribution in [0, 0.1) is 6.92 Å². The number of anilines is 2. The van der Waals surface area contributed by atoms with Crippen molar-refractivity contribution in [1.82, 2.24) is 0 Å². The van der Waals surface area contributed by atoms with Gasteiger partial charge in [-0.25, -0.2) is 0 Å². The fraction of sp³-hybridized carbons (Fsp3) is 0.474. The highest BCUT2D eigenvalue weighted by atomic mass is 31.0. The highest BCUT2D eigenvalue weighted by Gasteiger charge is 2.31. The van der Waals surface area contributed by atoms with E-state index in [0.717, 1.165) is 42.8 Å². The molecule has 0 spiro atoms. The lowest BCUT2D eigenvalue weighted by Gasteiger charge is -2.25. The van der Waals surface area contributed by atoms with Gasteiger partial charge in [-0.2, -0.15) is 0 Å². The van der Waals surface area contributed by atoms with Crippen LogP contribution < -0.4 is 10.6 Å². The van der Waals surface area contributed by atoms with Gasteiger partial charge in [0.2, 0.25) is 0 Å². The molecule has 2 rings (SSSR count). The number of aryl methyl sites for hydroxylation is 1. The van der Waals surface area contributed by atoms with Gasteiger partial charge in [0.1, 0.15) is 0 Å². The zero-order valence-corrected chi connectivity index (χ0v) is 15.4. The Hall–Kier alpha value is -1.27. The second-order valence-corrected chi connectivity index (χ2v) is 8.51. The van der Waals surface area contributed by atoms with Gasteiger partial charge < -0.3 is 10.6 Å². The molecule has 2 N–H and O–H groups in total. The smallest absolute Gasteiger partial charge is 0.0630 e. The van der Waals surface area contributed by atoms with E-state index in [-0.39, 0.29) is 0 Å². The van der Waals surface area contributed by atoms with Gasteiger partial charge in [-0.15, -0.1) is 15.8 Å². The maximum absolute atomic E-state index is 6.38. The van der Waals surface area contributed by atoms with Crippen molar-refractivity contribution in [1.29, 1.82) is 0 Å². The van der Waals surface area contributed by atoms with Gasteiger partial charge >= 0.3 is 0 Å². The summed E-state index contributed by atoms with van der Waals surface area (Å²) in [7, 11) is 2.98. The predicted octanol–water partition coefficient (Wildman–Crippen LogP) is 4.79. The van der Waals surface area contributed by atoms with Crippen LogP contribution in [0.1, 0.15) is 44.2 Å². The topological polar surface area (TPSA) is 29.3 Å². The maximum atomic E-state index is 6.38. The second kappa shape index (κ2) is 6.46. The van der Waals surface area contributed by atoms with E-state index in [1.54, 1.807) is 0 Å². The number of hydrogen-bond acceptors (Lipinski definition) is 2. The summed E-state index contributed by atoms with van der Waals surface area (Å²) >= 11 is 0. The Morgan fingerprint density at radius 2 is 2.05 bits per heavy atom. The minimum Gasteiger partial charge on any atom is -0.397 e. The molecular weight excluding hydrogens is 287 g/mol. The van der Waals surface area contributed by atoms with Crippen molar-refractivity contribution in [2.45, 2.75) is 45.2 Å². The van der Waals surface area contributed by atoms with E-state index < -0.39 is 0 Å². The molecule has 2 nitrogen and oxygen atoms in total. The molecule has 2 atom stereocenters. The van der Waals surface area contributed by atoms with E-state index in [2.05, 4.69) is 60.2 Å². The largest absolute Gasteiger partial charge is 0.397 e. The van der Waals surface area contributed by atoms with E-state index in [1.165, 1.54) is 23.2 Å². The highest BCUT2D eigenvalue weighted by molar-refractivity contribution is 7.19. The number of allylic oxidation sites excluding steroid dienone is 2. The summed E-state index contributed by atoms with van der Waals surface area (Å²) in [5.41, 5.74) is 13.2. The molecule has 1 aliphatic rings. The molecule has 1 aliphatic heterocycles. The molecule has 0 aliphatic carbocycles. The maximum Gasteiger partial charge on any atom is 0.0630 e. The third-order valence-electron chi connectivity index (χ3n) is 4.41. The minimum atomic E-state index is 0.294. The van der Waals surface area contributed by atoms with Crippen molar-refractivity contribution >= 4 is 26.2 Å². The third-order valence-corrected chi connectivity index (χ3v) is 4.88. The van der Waals surface area contributed by atoms with Gasteiger partial charge in [0.05, 0.1) is 11.4 Å². The first-order valence-electron chi connectivity index (χ1n) is 7.96. The number of nitrogens with two attached hydrogens (primary N) is 1. The van der Waals surface area contributed by atoms with Crippen LogP contribution in [0.2, 0.25) is 0 Å². The summed E-state index contributed by atoms with van der Waals surface area (Å²) in [6.45, 7) is 16.8. The Morgan fingerprint density at radius 3 is 2.55 bits per heavy atom. The first-order valence-corrected chi connectivity index (χ1v) is 8.54. The zero-order valence-electron chi connectivity index (χ0n) is 14.2. The Morgan fingerprint density at radius 1 is 1.36 bits per heavy atom. The molecule has 0 saturated carbocycles. The van der Waals surface area contributed by atoms with Gasteiger partial charge in [-0.1, -0.05) is 19.1 Å². The van der Waals surface area contributed by atoms with Crippen molar-refractivity contribution in [3.05, 3.63) is 42.0 Å². The fourth-order valence-electron chi connectivity index (χ4n) is 3.13. The standard InChI is InChI=1S/C19H29N2P/c1-13(2)6-7-14(3)16-10-15(4)18(17(20)11-16)21-9-8-19(5,22)12-21/h10-11H,1,3,6-9,12,20,22H2,2,4-5H3. The Kier molecular flexibility index (Phi) is 5.02. The van der Waals surface area contributed by atoms with Crippen molar-refractivity contribution in [3.63, 3.8) is 0 Å². The molecule has 2 unspecified atom stereocenters. The van der Waals surface area contributed by atoms with Crippen LogP contribution in [0.25, 0.3) is 5.57 Å². The van der Waals surface area contributed by atoms with Gasteiger partial charge in [-0.05, 0) is 61.9 Å². The predicted molar refractivity (Wildman–Crippen MR) is 104 cm³/mol. The average Bonchev–Trinajstić information content (AvgIpc) is 2.75. The lowest BCUT2D eigenvalue weighted by Crippen LogP contribution is -2.26. The zero-order chi connectivity index (χ0) is 16.5. The molecule has 1 fully saturated rings. The van der Waals surface area contributed by atoms with Gasteiger partial charge in [0, 0.05) is 18.2 Å². The van der Waals surface area contributed by atoms with Crippen LogP contribution in [0.5, 0.6) is 0 Å². The first kappa shape index (κ1) is 17.1. The summed E-state index contributed by atoms with van der Waals surface area (Å²) < 4.78 is 0. The molecule has 120 valence electrons. The number of hydrogen-bond donors (Lipinski definition) is 1. The normalized spacial score (nSPS) is 21.2. The van der Waals surface area contributed by atoms with Crippen LogP contribution >= 0.6 is 9.24 Å². The molecule has 0 radical (unpaired) electrons. The Bertz CT molecular complexity index is 578. The summed E-state index contributed by atoms with van der Waals surface area (Å²) in [6.07, 6.45) is 3.11. The number of nitrogen functional groups attached to an aromatic ring is 1. The van der Waals surface area contributed by atoms with Crippen LogP contribution in [0.4, 0.5) is 11.4 Å². The molecule has 1 aromatic carbocycles. The number of benzene rings is 1. The highest BCUT2D eigenvalue weighted by Crippen LogP contribution is 2.38. The summed E-state index contributed by atoms with van der Waals surface area (Å²) in [6, 6.07) is 4.31. The van der Waals surface area contributed by atoms with Crippen LogP contribution in [-0.2, 0) is 0 Å². The monoisotopic (exact) mass is 316 g/mol. The molecule has 0 bridgehead atoms. The fourth-order valence-corrected chi connectivity index (χ4v) is 3.48. The van der Waals surface area contributed by atoms with E-state index in [9.17, 15) is 0 Å². The molecule has 1 saturated heterocycles. The van der Waals surface area contributed by atoms with E-state index in [4.69, 9.17) is 5.73 Å². The Labute approximate surface area is 137 Å². The van der Waals surface area contributed by atoms with Crippen molar-refractivity contribution in [3.8, 4) is 0 Å². The van der Waals surface area contributed by atoms with Gasteiger partial charge in [0.25, 0.3) is 0 Å². The summed E-state index contributed by atoms with van der Waals surface area (Å²) in [5.74, 6) is 0. The molecular formula is C19H29N2P. The molecule has 3 heteroatoms. The van der Waals surface area contributed by atoms with Gasteiger partial charge in [-0.3, -0.25) is 0 Å². The van der Waals surface area contributed by atoms with E-state index in [0.29, 0.717) is 5.16 Å². The minimum absolute atomic E-state index is 0.294. The van der Waals surface area contributed by atoms with Crippen LogP contribution in [0.15, 0.2) is 30.9 Å². The molecule has 1 aromatic rings. The second-order valence-electron chi connectivity index (χ2n) is 7.12. The van der Waals surface area contributed by atoms with E-state index in [1.807, 2.05) is 0 Å². The number of nitrogens with zero attached hydrogens (tertiary/aromatic N) is 1. The number of rotatable bonds is 5. The third kappa shape index (κ3) is 3.93. The Balaban J connectivity index is 2.22. The molecule has 1 heterocycles. The van der Waals surface area contributed by atoms with Crippen LogP contribution in [0.3, 0.4) is 0 Å². The SMILES string of the molecule is C=C(C)CCC(=C)c1cc(C)c(N2CCC(C)(P)C2)c(N)c1. The van der Waals surface area contributed by atoms with Crippen molar-refractivity contribution in [2.75, 3.05) is 23.7 Å². The van der Waals surface area contributed by atoms with Crippen molar-refractivity contribution < 1.29 is 0 Å². The first-order chi connectivity index (χ1) is 10.2. The molecule has 0 amide bonds. The lowest BCUT2D eigenvalue weighted by atomic mass is 9.97. The van der Waals surface area contributed by atoms with Gasteiger partial charge in [0.15, 0.2) is 0 Å². The molecule has 22 heavy (non-hydrogen) atoms. The summed E-state index contributed by atoms with van der Waals surface area (Å²) in [4.78, 5) is 2.41. The average molecular weight is 316 g/mol. The van der Waals surface area contributed by atoms with Crippen molar-refractivity contribution in [2.24, 2.45) is 0 Å². The summed E-state index contributed by atoms with van der Waals surface area (Å²) in [5, 5.41) is 0.294. The molecule has 0 aromatic heterocycles.